The third kappa shape index (κ3) is 3.30. The zero-order valence-corrected chi connectivity index (χ0v) is 9.33. The highest BCUT2D eigenvalue weighted by molar-refractivity contribution is 7.91. The van der Waals surface area contributed by atoms with E-state index in [1.54, 1.807) is 12.1 Å². The maximum Gasteiger partial charge on any atom is 0.180 e. The largest absolute Gasteiger partial charge is 0.392 e. The molecule has 0 aliphatic carbocycles. The average molecular weight is 230 g/mol. The van der Waals surface area contributed by atoms with E-state index in [0.29, 0.717) is 5.56 Å². The van der Waals surface area contributed by atoms with Crippen LogP contribution in [0.3, 0.4) is 0 Å². The quantitative estimate of drug-likeness (QED) is 0.804. The molecule has 0 aliphatic rings. The van der Waals surface area contributed by atoms with E-state index in [2.05, 4.69) is 0 Å². The van der Waals surface area contributed by atoms with Gasteiger partial charge < -0.3 is 9.84 Å². The van der Waals surface area contributed by atoms with Gasteiger partial charge in [0.1, 0.15) is 0 Å². The van der Waals surface area contributed by atoms with Gasteiger partial charge in [0.2, 0.25) is 0 Å². The summed E-state index contributed by atoms with van der Waals surface area (Å²) in [6.45, 7) is 0.0997. The SMILES string of the molecule is COCCS(=O)(=O)c1ccc(CO)cc1. The Morgan fingerprint density at radius 3 is 2.33 bits per heavy atom. The first-order valence-corrected chi connectivity index (χ1v) is 6.17. The third-order valence-electron chi connectivity index (χ3n) is 2.02. The van der Waals surface area contributed by atoms with Gasteiger partial charge in [-0.05, 0) is 17.7 Å². The highest BCUT2D eigenvalue weighted by Gasteiger charge is 2.13. The van der Waals surface area contributed by atoms with Gasteiger partial charge in [-0.25, -0.2) is 8.42 Å². The summed E-state index contributed by atoms with van der Waals surface area (Å²) in [5.74, 6) is -0.0258. The number of hydrogen-bond acceptors (Lipinski definition) is 4. The minimum atomic E-state index is -3.25. The van der Waals surface area contributed by atoms with E-state index in [1.807, 2.05) is 0 Å². The van der Waals surface area contributed by atoms with Crippen LogP contribution in [0.15, 0.2) is 29.2 Å². The molecule has 0 saturated heterocycles. The summed E-state index contributed by atoms with van der Waals surface area (Å²) in [6.07, 6.45) is 0. The van der Waals surface area contributed by atoms with Gasteiger partial charge in [0, 0.05) is 7.11 Å². The second kappa shape index (κ2) is 5.25. The molecular weight excluding hydrogens is 216 g/mol. The number of aliphatic hydroxyl groups is 1. The second-order valence-electron chi connectivity index (χ2n) is 3.11. The number of ether oxygens (including phenoxy) is 1. The molecule has 0 atom stereocenters. The Morgan fingerprint density at radius 2 is 1.87 bits per heavy atom. The van der Waals surface area contributed by atoms with E-state index in [0.717, 1.165) is 0 Å². The Labute approximate surface area is 89.4 Å². The van der Waals surface area contributed by atoms with E-state index >= 15 is 0 Å². The van der Waals surface area contributed by atoms with Crippen LogP contribution in [0.1, 0.15) is 5.56 Å². The van der Waals surface area contributed by atoms with Crippen LogP contribution < -0.4 is 0 Å². The molecule has 0 aliphatic heterocycles. The summed E-state index contributed by atoms with van der Waals surface area (Å²) in [5.41, 5.74) is 0.695. The van der Waals surface area contributed by atoms with Gasteiger partial charge in [-0.15, -0.1) is 0 Å². The number of aliphatic hydroxyl groups excluding tert-OH is 1. The first-order chi connectivity index (χ1) is 7.10. The van der Waals surface area contributed by atoms with Gasteiger partial charge in [-0.1, -0.05) is 12.1 Å². The first kappa shape index (κ1) is 12.2. The van der Waals surface area contributed by atoms with Gasteiger partial charge in [0.15, 0.2) is 9.84 Å². The van der Waals surface area contributed by atoms with Gasteiger partial charge in [-0.2, -0.15) is 0 Å². The standard InChI is InChI=1S/C10H14O4S/c1-14-6-7-15(12,13)10-4-2-9(8-11)3-5-10/h2-5,11H,6-8H2,1H3. The minimum absolute atomic E-state index is 0.0258. The zero-order chi connectivity index (χ0) is 11.3. The lowest BCUT2D eigenvalue weighted by Gasteiger charge is -2.04. The van der Waals surface area contributed by atoms with Crippen molar-refractivity contribution in [3.8, 4) is 0 Å². The van der Waals surface area contributed by atoms with Crippen LogP contribution in [0.5, 0.6) is 0 Å². The molecule has 0 heterocycles. The van der Waals surface area contributed by atoms with Crippen LogP contribution in [0.25, 0.3) is 0 Å². The molecule has 0 spiro atoms. The zero-order valence-electron chi connectivity index (χ0n) is 8.51. The van der Waals surface area contributed by atoms with Crippen molar-refractivity contribution < 1.29 is 18.3 Å². The van der Waals surface area contributed by atoms with Crippen molar-refractivity contribution in [3.63, 3.8) is 0 Å². The van der Waals surface area contributed by atoms with Crippen LogP contribution in [-0.4, -0.2) is 33.0 Å². The predicted octanol–water partition coefficient (Wildman–Crippen LogP) is 0.599. The molecule has 1 aromatic rings. The lowest BCUT2D eigenvalue weighted by molar-refractivity contribution is 0.217. The third-order valence-corrected chi connectivity index (χ3v) is 3.72. The summed E-state index contributed by atoms with van der Waals surface area (Å²) in [4.78, 5) is 0.261. The molecule has 1 aromatic carbocycles. The molecule has 0 unspecified atom stereocenters. The maximum absolute atomic E-state index is 11.6. The monoisotopic (exact) mass is 230 g/mol. The van der Waals surface area contributed by atoms with Crippen LogP contribution >= 0.6 is 0 Å². The Morgan fingerprint density at radius 1 is 1.27 bits per heavy atom. The normalized spacial score (nSPS) is 11.6. The summed E-state index contributed by atoms with van der Waals surface area (Å²) in [6, 6.07) is 6.19. The van der Waals surface area contributed by atoms with Crippen molar-refractivity contribution in [2.45, 2.75) is 11.5 Å². The van der Waals surface area contributed by atoms with Gasteiger partial charge in [0.25, 0.3) is 0 Å². The summed E-state index contributed by atoms with van der Waals surface area (Å²) in [7, 11) is -1.79. The lowest BCUT2D eigenvalue weighted by Crippen LogP contribution is -2.11. The van der Waals surface area contributed by atoms with Crippen molar-refractivity contribution in [2.75, 3.05) is 19.5 Å². The number of hydrogen-bond donors (Lipinski definition) is 1. The van der Waals surface area contributed by atoms with Gasteiger partial charge in [0.05, 0.1) is 23.9 Å². The van der Waals surface area contributed by atoms with Gasteiger partial charge in [-0.3, -0.25) is 0 Å². The van der Waals surface area contributed by atoms with Crippen LogP contribution in [-0.2, 0) is 21.2 Å². The van der Waals surface area contributed by atoms with Crippen molar-refractivity contribution >= 4 is 9.84 Å². The predicted molar refractivity (Wildman–Crippen MR) is 56.3 cm³/mol. The molecule has 5 heteroatoms. The van der Waals surface area contributed by atoms with E-state index < -0.39 is 9.84 Å². The number of methoxy groups -OCH3 is 1. The Kier molecular flexibility index (Phi) is 4.26. The fourth-order valence-corrected chi connectivity index (χ4v) is 2.29. The first-order valence-electron chi connectivity index (χ1n) is 4.51. The topological polar surface area (TPSA) is 63.6 Å². The smallest absolute Gasteiger partial charge is 0.180 e. The fraction of sp³-hybridized carbons (Fsp3) is 0.400. The molecule has 0 radical (unpaired) electrons. The molecule has 15 heavy (non-hydrogen) atoms. The number of sulfone groups is 1. The van der Waals surface area contributed by atoms with E-state index in [-0.39, 0.29) is 23.9 Å². The van der Waals surface area contributed by atoms with Crippen molar-refractivity contribution in [1.29, 1.82) is 0 Å². The van der Waals surface area contributed by atoms with E-state index in [9.17, 15) is 8.42 Å². The molecule has 4 nitrogen and oxygen atoms in total. The molecule has 0 aromatic heterocycles. The molecule has 1 N–H and O–H groups in total. The molecule has 1 rings (SSSR count). The Bertz CT molecular complexity index is 394. The lowest BCUT2D eigenvalue weighted by atomic mass is 10.2. The molecular formula is C10H14O4S. The second-order valence-corrected chi connectivity index (χ2v) is 5.22. The van der Waals surface area contributed by atoms with Crippen molar-refractivity contribution in [2.24, 2.45) is 0 Å². The summed E-state index contributed by atoms with van der Waals surface area (Å²) >= 11 is 0. The van der Waals surface area contributed by atoms with Crippen LogP contribution in [0.2, 0.25) is 0 Å². The van der Waals surface area contributed by atoms with Crippen molar-refractivity contribution in [3.05, 3.63) is 29.8 Å². The Balaban J connectivity index is 2.86. The van der Waals surface area contributed by atoms with Crippen LogP contribution in [0.4, 0.5) is 0 Å². The Hall–Kier alpha value is -0.910. The highest BCUT2D eigenvalue weighted by atomic mass is 32.2. The minimum Gasteiger partial charge on any atom is -0.392 e. The van der Waals surface area contributed by atoms with E-state index in [4.69, 9.17) is 9.84 Å². The van der Waals surface area contributed by atoms with Gasteiger partial charge >= 0.3 is 0 Å². The molecule has 0 fully saturated rings. The fourth-order valence-electron chi connectivity index (χ4n) is 1.11. The molecule has 0 bridgehead atoms. The average Bonchev–Trinajstić information content (AvgIpc) is 2.26. The van der Waals surface area contributed by atoms with Crippen LogP contribution in [0, 0.1) is 0 Å². The highest BCUT2D eigenvalue weighted by Crippen LogP contribution is 2.12. The van der Waals surface area contributed by atoms with E-state index in [1.165, 1.54) is 19.2 Å². The van der Waals surface area contributed by atoms with Crippen molar-refractivity contribution in [1.82, 2.24) is 0 Å². The molecule has 0 amide bonds. The number of rotatable bonds is 5. The maximum atomic E-state index is 11.6. The summed E-state index contributed by atoms with van der Waals surface area (Å²) in [5, 5.41) is 8.80. The molecule has 84 valence electrons. The molecule has 0 saturated carbocycles. The number of benzene rings is 1. The summed E-state index contributed by atoms with van der Waals surface area (Å²) < 4.78 is 28.0.